The van der Waals surface area contributed by atoms with E-state index in [9.17, 15) is 9.18 Å². The second kappa shape index (κ2) is 5.45. The Hall–Kier alpha value is -1.88. The summed E-state index contributed by atoms with van der Waals surface area (Å²) >= 11 is 0. The number of hydrogen-bond donors (Lipinski definition) is 1. The molecule has 2 N–H and O–H groups in total. The van der Waals surface area contributed by atoms with Crippen molar-refractivity contribution < 1.29 is 13.6 Å². The first-order valence-electron chi connectivity index (χ1n) is 4.64. The van der Waals surface area contributed by atoms with Crippen LogP contribution in [0.5, 0.6) is 0 Å². The van der Waals surface area contributed by atoms with Gasteiger partial charge in [0.15, 0.2) is 11.6 Å². The number of primary amides is 1. The second-order valence-corrected chi connectivity index (χ2v) is 3.30. The molecule has 90 valence electrons. The monoisotopic (exact) mass is 256 g/mol. The van der Waals surface area contributed by atoms with Gasteiger partial charge in [0, 0.05) is 6.42 Å². The molecule has 17 heavy (non-hydrogen) atoms. The zero-order valence-electron chi connectivity index (χ0n) is 8.72. The molecule has 1 aromatic carbocycles. The Morgan fingerprint density at radius 3 is 2.82 bits per heavy atom. The summed E-state index contributed by atoms with van der Waals surface area (Å²) in [6, 6.07) is 6.09. The number of aromatic nitrogens is 1. The van der Waals surface area contributed by atoms with Gasteiger partial charge in [0.1, 0.15) is 12.1 Å². The molecule has 0 aliphatic carbocycles. The molecule has 0 unspecified atom stereocenters. The summed E-state index contributed by atoms with van der Waals surface area (Å²) in [7, 11) is 0. The lowest BCUT2D eigenvalue weighted by molar-refractivity contribution is 0.0995. The van der Waals surface area contributed by atoms with Crippen LogP contribution >= 0.6 is 12.4 Å². The van der Waals surface area contributed by atoms with Crippen LogP contribution in [0, 0.1) is 5.82 Å². The van der Waals surface area contributed by atoms with Crippen LogP contribution in [0.25, 0.3) is 0 Å². The molecule has 0 saturated heterocycles. The summed E-state index contributed by atoms with van der Waals surface area (Å²) in [5.41, 5.74) is 5.82. The van der Waals surface area contributed by atoms with Crippen LogP contribution < -0.4 is 5.73 Å². The van der Waals surface area contributed by atoms with Gasteiger partial charge in [-0.25, -0.2) is 9.37 Å². The highest BCUT2D eigenvalue weighted by atomic mass is 35.5. The molecule has 0 fully saturated rings. The number of halogens is 2. The number of amides is 1. The Kier molecular flexibility index (Phi) is 4.23. The number of rotatable bonds is 3. The van der Waals surface area contributed by atoms with Gasteiger partial charge in [-0.3, -0.25) is 4.79 Å². The lowest BCUT2D eigenvalue weighted by atomic mass is 10.1. The SMILES string of the molecule is Cl.NC(=O)c1coc(Cc2cccc(F)c2)n1. The molecule has 0 aliphatic rings. The number of oxazole rings is 1. The highest BCUT2D eigenvalue weighted by Crippen LogP contribution is 2.10. The van der Waals surface area contributed by atoms with Crippen LogP contribution in [0.15, 0.2) is 34.9 Å². The number of hydrogen-bond acceptors (Lipinski definition) is 3. The molecule has 0 saturated carbocycles. The van der Waals surface area contributed by atoms with E-state index in [0.717, 1.165) is 5.56 Å². The Labute approximate surface area is 103 Å². The van der Waals surface area contributed by atoms with Gasteiger partial charge in [-0.05, 0) is 17.7 Å². The topological polar surface area (TPSA) is 69.1 Å². The number of benzene rings is 1. The third-order valence-electron chi connectivity index (χ3n) is 2.05. The molecule has 0 bridgehead atoms. The average molecular weight is 257 g/mol. The van der Waals surface area contributed by atoms with E-state index in [2.05, 4.69) is 4.98 Å². The van der Waals surface area contributed by atoms with Gasteiger partial charge in [0.05, 0.1) is 0 Å². The predicted molar refractivity (Wildman–Crippen MR) is 61.5 cm³/mol. The molecule has 4 nitrogen and oxygen atoms in total. The average Bonchev–Trinajstić information content (AvgIpc) is 2.66. The molecule has 0 radical (unpaired) electrons. The van der Waals surface area contributed by atoms with Crippen molar-refractivity contribution in [3.8, 4) is 0 Å². The second-order valence-electron chi connectivity index (χ2n) is 3.30. The molecule has 1 heterocycles. The molecule has 0 spiro atoms. The number of nitrogens with zero attached hydrogens (tertiary/aromatic N) is 1. The van der Waals surface area contributed by atoms with E-state index in [0.29, 0.717) is 12.3 Å². The fourth-order valence-electron chi connectivity index (χ4n) is 1.33. The van der Waals surface area contributed by atoms with E-state index < -0.39 is 5.91 Å². The standard InChI is InChI=1S/C11H9FN2O2.ClH/c12-8-3-1-2-7(4-8)5-10-14-9(6-16-10)11(13)15;/h1-4,6H,5H2,(H2,13,15);1H. The summed E-state index contributed by atoms with van der Waals surface area (Å²) in [6.07, 6.45) is 1.52. The van der Waals surface area contributed by atoms with Crippen molar-refractivity contribution in [1.29, 1.82) is 0 Å². The maximum atomic E-state index is 12.9. The highest BCUT2D eigenvalue weighted by Gasteiger charge is 2.09. The zero-order chi connectivity index (χ0) is 11.5. The zero-order valence-corrected chi connectivity index (χ0v) is 9.54. The van der Waals surface area contributed by atoms with Crippen LogP contribution in [0.1, 0.15) is 21.9 Å². The summed E-state index contributed by atoms with van der Waals surface area (Å²) in [5.74, 6) is -0.632. The minimum absolute atomic E-state index is 0. The number of nitrogens with two attached hydrogens (primary N) is 1. The first-order valence-corrected chi connectivity index (χ1v) is 4.64. The third-order valence-corrected chi connectivity index (χ3v) is 2.05. The van der Waals surface area contributed by atoms with Crippen molar-refractivity contribution in [3.05, 3.63) is 53.5 Å². The van der Waals surface area contributed by atoms with Gasteiger partial charge >= 0.3 is 0 Å². The summed E-state index contributed by atoms with van der Waals surface area (Å²) < 4.78 is 17.9. The molecule has 0 atom stereocenters. The van der Waals surface area contributed by atoms with Crippen LogP contribution in [0.4, 0.5) is 4.39 Å². The number of carbonyl (C=O) groups excluding carboxylic acids is 1. The van der Waals surface area contributed by atoms with Gasteiger partial charge in [0.2, 0.25) is 0 Å². The Balaban J connectivity index is 0.00000144. The summed E-state index contributed by atoms with van der Waals surface area (Å²) in [4.78, 5) is 14.6. The smallest absolute Gasteiger partial charge is 0.270 e. The molecular formula is C11H10ClFN2O2. The van der Waals surface area contributed by atoms with Crippen molar-refractivity contribution in [2.24, 2.45) is 5.73 Å². The van der Waals surface area contributed by atoms with Crippen molar-refractivity contribution in [2.45, 2.75) is 6.42 Å². The molecule has 2 aromatic rings. The van der Waals surface area contributed by atoms with E-state index in [4.69, 9.17) is 10.2 Å². The third kappa shape index (κ3) is 3.29. The first-order chi connectivity index (χ1) is 7.65. The van der Waals surface area contributed by atoms with Crippen LogP contribution in [0.3, 0.4) is 0 Å². The quantitative estimate of drug-likeness (QED) is 0.912. The molecule has 1 aromatic heterocycles. The lowest BCUT2D eigenvalue weighted by Crippen LogP contribution is -2.11. The fraction of sp³-hybridized carbons (Fsp3) is 0.0909. The predicted octanol–water partition coefficient (Wildman–Crippen LogP) is 1.93. The normalized spacial score (nSPS) is 9.71. The minimum Gasteiger partial charge on any atom is -0.448 e. The molecule has 6 heteroatoms. The fourth-order valence-corrected chi connectivity index (χ4v) is 1.33. The van der Waals surface area contributed by atoms with Gasteiger partial charge in [0.25, 0.3) is 5.91 Å². The molecule has 1 amide bonds. The largest absolute Gasteiger partial charge is 0.448 e. The molecule has 2 rings (SSSR count). The minimum atomic E-state index is -0.644. The number of carbonyl (C=O) groups is 1. The van der Waals surface area contributed by atoms with E-state index in [1.165, 1.54) is 18.4 Å². The van der Waals surface area contributed by atoms with Gasteiger partial charge in [-0.15, -0.1) is 12.4 Å². The summed E-state index contributed by atoms with van der Waals surface area (Å²) in [6.45, 7) is 0. The maximum Gasteiger partial charge on any atom is 0.270 e. The molecular weight excluding hydrogens is 247 g/mol. The van der Waals surface area contributed by atoms with Crippen molar-refractivity contribution >= 4 is 18.3 Å². The van der Waals surface area contributed by atoms with E-state index >= 15 is 0 Å². The maximum absolute atomic E-state index is 12.9. The van der Waals surface area contributed by atoms with Crippen molar-refractivity contribution in [3.63, 3.8) is 0 Å². The Bertz CT molecular complexity index is 528. The highest BCUT2D eigenvalue weighted by molar-refractivity contribution is 5.90. The van der Waals surface area contributed by atoms with Crippen molar-refractivity contribution in [2.75, 3.05) is 0 Å². The van der Waals surface area contributed by atoms with Gasteiger partial charge < -0.3 is 10.2 Å². The van der Waals surface area contributed by atoms with E-state index in [1.54, 1.807) is 12.1 Å². The van der Waals surface area contributed by atoms with Crippen molar-refractivity contribution in [1.82, 2.24) is 4.98 Å². The van der Waals surface area contributed by atoms with Gasteiger partial charge in [-0.1, -0.05) is 12.1 Å². The van der Waals surface area contributed by atoms with E-state index in [1.807, 2.05) is 0 Å². The van der Waals surface area contributed by atoms with Crippen LogP contribution in [-0.2, 0) is 6.42 Å². The van der Waals surface area contributed by atoms with Gasteiger partial charge in [-0.2, -0.15) is 0 Å². The molecule has 0 aliphatic heterocycles. The van der Waals surface area contributed by atoms with Crippen LogP contribution in [-0.4, -0.2) is 10.9 Å². The van der Waals surface area contributed by atoms with E-state index in [-0.39, 0.29) is 23.9 Å². The Morgan fingerprint density at radius 1 is 1.47 bits per heavy atom. The lowest BCUT2D eigenvalue weighted by Gasteiger charge is -1.96. The Morgan fingerprint density at radius 2 is 2.24 bits per heavy atom. The summed E-state index contributed by atoms with van der Waals surface area (Å²) in [5, 5.41) is 0. The van der Waals surface area contributed by atoms with Crippen LogP contribution in [0.2, 0.25) is 0 Å². The first kappa shape index (κ1) is 13.2.